The minimum absolute atomic E-state index is 0.279. The molecule has 3 N–H and O–H groups in total. The summed E-state index contributed by atoms with van der Waals surface area (Å²) in [6, 6.07) is 6.29. The summed E-state index contributed by atoms with van der Waals surface area (Å²) < 4.78 is 26.4. The number of carbonyl (C=O) groups is 1. The molecule has 34 heavy (non-hydrogen) atoms. The molecule has 1 amide bonds. The van der Waals surface area contributed by atoms with E-state index in [-0.39, 0.29) is 11.6 Å². The molecule has 0 radical (unpaired) electrons. The van der Waals surface area contributed by atoms with Gasteiger partial charge in [-0.15, -0.1) is 0 Å². The Morgan fingerprint density at radius 2 is 2.09 bits per heavy atom. The Bertz CT molecular complexity index is 1160. The minimum atomic E-state index is -0.570. The molecule has 1 aliphatic rings. The zero-order valence-corrected chi connectivity index (χ0v) is 19.9. The van der Waals surface area contributed by atoms with Gasteiger partial charge in [0.25, 0.3) is 0 Å². The summed E-state index contributed by atoms with van der Waals surface area (Å²) in [5.41, 5.74) is 4.13. The Labute approximate surface area is 198 Å². The second-order valence-electron chi connectivity index (χ2n) is 8.61. The van der Waals surface area contributed by atoms with Gasteiger partial charge < -0.3 is 25.0 Å². The van der Waals surface area contributed by atoms with Crippen LogP contribution in [0.2, 0.25) is 0 Å². The molecule has 0 aliphatic carbocycles. The molecule has 0 bridgehead atoms. The van der Waals surface area contributed by atoms with Gasteiger partial charge in [0.05, 0.1) is 19.0 Å². The van der Waals surface area contributed by atoms with Crippen LogP contribution in [0.15, 0.2) is 36.7 Å². The van der Waals surface area contributed by atoms with E-state index in [4.69, 9.17) is 9.47 Å². The van der Waals surface area contributed by atoms with Gasteiger partial charge in [0.2, 0.25) is 5.91 Å². The van der Waals surface area contributed by atoms with Crippen molar-refractivity contribution in [3.05, 3.63) is 59.2 Å². The predicted molar refractivity (Wildman–Crippen MR) is 129 cm³/mol. The summed E-state index contributed by atoms with van der Waals surface area (Å²) in [6.07, 6.45) is 3.95. The van der Waals surface area contributed by atoms with Gasteiger partial charge >= 0.3 is 0 Å². The average Bonchev–Trinajstić information content (AvgIpc) is 3.34. The van der Waals surface area contributed by atoms with Gasteiger partial charge in [-0.1, -0.05) is 6.07 Å². The number of fused-ring (bicyclic) bond motifs is 1. The first kappa shape index (κ1) is 23.7. The number of amides is 1. The number of ether oxygens (including phenoxy) is 2. The van der Waals surface area contributed by atoms with Crippen LogP contribution >= 0.6 is 0 Å². The minimum Gasteiger partial charge on any atom is -0.496 e. The molecule has 1 aromatic heterocycles. The highest BCUT2D eigenvalue weighted by atomic mass is 19.1. The largest absolute Gasteiger partial charge is 0.496 e. The second kappa shape index (κ2) is 10.2. The van der Waals surface area contributed by atoms with Crippen LogP contribution in [0.5, 0.6) is 11.5 Å². The van der Waals surface area contributed by atoms with Crippen LogP contribution in [0.1, 0.15) is 22.7 Å². The van der Waals surface area contributed by atoms with E-state index >= 15 is 4.39 Å². The van der Waals surface area contributed by atoms with E-state index < -0.39 is 11.9 Å². The predicted octanol–water partition coefficient (Wildman–Crippen LogP) is 3.30. The summed E-state index contributed by atoms with van der Waals surface area (Å²) in [5.74, 6) is 0.440. The van der Waals surface area contributed by atoms with Crippen molar-refractivity contribution in [2.24, 2.45) is 0 Å². The first-order chi connectivity index (χ1) is 16.4. The van der Waals surface area contributed by atoms with E-state index in [0.717, 1.165) is 28.9 Å². The zero-order valence-electron chi connectivity index (χ0n) is 19.9. The fourth-order valence-electron chi connectivity index (χ4n) is 4.09. The van der Waals surface area contributed by atoms with Crippen molar-refractivity contribution in [2.45, 2.75) is 19.4 Å². The number of aromatic nitrogens is 2. The molecular weight excluding hydrogens is 437 g/mol. The average molecular weight is 468 g/mol. The van der Waals surface area contributed by atoms with Gasteiger partial charge in [-0.05, 0) is 56.3 Å². The van der Waals surface area contributed by atoms with Crippen LogP contribution in [0, 0.1) is 12.7 Å². The van der Waals surface area contributed by atoms with Crippen molar-refractivity contribution in [1.29, 1.82) is 0 Å². The maximum absolute atomic E-state index is 15.0. The van der Waals surface area contributed by atoms with Crippen LogP contribution in [0.3, 0.4) is 0 Å². The third kappa shape index (κ3) is 5.05. The highest BCUT2D eigenvalue weighted by molar-refractivity contribution is 5.97. The molecule has 180 valence electrons. The molecular formula is C25H30FN5O3. The van der Waals surface area contributed by atoms with Gasteiger partial charge in [0.15, 0.2) is 0 Å². The number of aryl methyl sites for hydroxylation is 1. The van der Waals surface area contributed by atoms with Crippen LogP contribution in [-0.4, -0.2) is 61.9 Å². The van der Waals surface area contributed by atoms with Crippen LogP contribution in [0.4, 0.5) is 10.1 Å². The fraction of sp³-hybridized carbons (Fsp3) is 0.360. The number of halogens is 1. The second-order valence-corrected chi connectivity index (χ2v) is 8.61. The molecule has 1 aliphatic heterocycles. The fourth-order valence-corrected chi connectivity index (χ4v) is 4.09. The number of likely N-dealkylation sites (N-methyl/N-ethyl adjacent to an activating group) is 1. The van der Waals surface area contributed by atoms with Gasteiger partial charge in [-0.2, -0.15) is 5.10 Å². The lowest BCUT2D eigenvalue weighted by Gasteiger charge is -2.27. The summed E-state index contributed by atoms with van der Waals surface area (Å²) in [7, 11) is 5.52. The number of hydrogen-bond acceptors (Lipinski definition) is 6. The highest BCUT2D eigenvalue weighted by Gasteiger charge is 2.28. The molecule has 0 spiro atoms. The molecule has 0 saturated carbocycles. The molecule has 2 heterocycles. The lowest BCUT2D eigenvalue weighted by atomic mass is 9.91. The third-order valence-electron chi connectivity index (χ3n) is 5.91. The zero-order chi connectivity index (χ0) is 24.2. The highest BCUT2D eigenvalue weighted by Crippen LogP contribution is 2.35. The van der Waals surface area contributed by atoms with E-state index in [9.17, 15) is 4.79 Å². The van der Waals surface area contributed by atoms with E-state index in [0.29, 0.717) is 36.6 Å². The number of H-pyrrole nitrogens is 1. The van der Waals surface area contributed by atoms with Crippen LogP contribution in [-0.2, 0) is 11.2 Å². The van der Waals surface area contributed by atoms with Crippen molar-refractivity contribution >= 4 is 11.6 Å². The molecule has 0 fully saturated rings. The standard InChI is InChI=1S/C25H30FN5O3/c1-15-9-19-16(10-22(15)33-4)5-6-27-24(19)25(32)30-21-12-20(26)18(17-13-28-29-14-17)11-23(21)34-8-7-31(2)3/h9-14,24,27H,5-8H2,1-4H3,(H,28,29)(H,30,32). The molecule has 1 atom stereocenters. The molecule has 8 nitrogen and oxygen atoms in total. The molecule has 3 aromatic rings. The quantitative estimate of drug-likeness (QED) is 0.471. The Kier molecular flexibility index (Phi) is 7.14. The molecule has 2 aromatic carbocycles. The number of hydrogen-bond donors (Lipinski definition) is 3. The number of aromatic amines is 1. The lowest BCUT2D eigenvalue weighted by molar-refractivity contribution is -0.118. The van der Waals surface area contributed by atoms with Gasteiger partial charge in [0.1, 0.15) is 30.0 Å². The van der Waals surface area contributed by atoms with Gasteiger partial charge in [-0.25, -0.2) is 4.39 Å². The Hall–Kier alpha value is -3.43. The van der Waals surface area contributed by atoms with E-state index in [1.807, 2.05) is 38.1 Å². The summed E-state index contributed by atoms with van der Waals surface area (Å²) in [4.78, 5) is 15.3. The Morgan fingerprint density at radius 3 is 2.79 bits per heavy atom. The monoisotopic (exact) mass is 467 g/mol. The Morgan fingerprint density at radius 1 is 1.26 bits per heavy atom. The maximum atomic E-state index is 15.0. The summed E-state index contributed by atoms with van der Waals surface area (Å²) >= 11 is 0. The maximum Gasteiger partial charge on any atom is 0.246 e. The molecule has 9 heteroatoms. The number of nitrogens with zero attached hydrogens (tertiary/aromatic N) is 2. The van der Waals surface area contributed by atoms with Crippen LogP contribution < -0.4 is 20.1 Å². The van der Waals surface area contributed by atoms with Crippen LogP contribution in [0.25, 0.3) is 11.1 Å². The number of anilines is 1. The number of methoxy groups -OCH3 is 1. The van der Waals surface area contributed by atoms with Gasteiger partial charge in [-0.3, -0.25) is 9.89 Å². The van der Waals surface area contributed by atoms with Crippen molar-refractivity contribution in [1.82, 2.24) is 20.4 Å². The number of carbonyl (C=O) groups excluding carboxylic acids is 1. The normalized spacial score (nSPS) is 15.2. The van der Waals surface area contributed by atoms with Gasteiger partial charge in [0, 0.05) is 36.5 Å². The van der Waals surface area contributed by atoms with Crippen molar-refractivity contribution < 1.29 is 18.7 Å². The number of benzene rings is 2. The van der Waals surface area contributed by atoms with E-state index in [2.05, 4.69) is 20.8 Å². The molecule has 4 rings (SSSR count). The SMILES string of the molecule is COc1cc2c(cc1C)C(C(=O)Nc1cc(F)c(-c3cn[nH]c3)cc1OCCN(C)C)NCC2. The smallest absolute Gasteiger partial charge is 0.246 e. The Balaban J connectivity index is 1.63. The summed E-state index contributed by atoms with van der Waals surface area (Å²) in [5, 5.41) is 12.8. The van der Waals surface area contributed by atoms with Crippen molar-refractivity contribution in [2.75, 3.05) is 46.2 Å². The topological polar surface area (TPSA) is 91.5 Å². The third-order valence-corrected chi connectivity index (χ3v) is 5.91. The first-order valence-electron chi connectivity index (χ1n) is 11.2. The van der Waals surface area contributed by atoms with Crippen molar-refractivity contribution in [3.8, 4) is 22.6 Å². The summed E-state index contributed by atoms with van der Waals surface area (Å²) in [6.45, 7) is 3.65. The van der Waals surface area contributed by atoms with Crippen molar-refractivity contribution in [3.63, 3.8) is 0 Å². The first-order valence-corrected chi connectivity index (χ1v) is 11.2. The number of rotatable bonds is 8. The van der Waals surface area contributed by atoms with E-state index in [1.54, 1.807) is 25.6 Å². The molecule has 0 saturated heterocycles. The number of nitrogens with one attached hydrogen (secondary N) is 3. The lowest BCUT2D eigenvalue weighted by Crippen LogP contribution is -2.38. The molecule has 1 unspecified atom stereocenters. The van der Waals surface area contributed by atoms with E-state index in [1.165, 1.54) is 6.07 Å².